The Labute approximate surface area is 142 Å². The number of ether oxygens (including phenoxy) is 2. The molecule has 3 aromatic rings. The van der Waals surface area contributed by atoms with Gasteiger partial charge in [-0.05, 0) is 36.4 Å². The van der Waals surface area contributed by atoms with Crippen LogP contribution in [0.4, 0.5) is 5.69 Å². The molecule has 1 aromatic heterocycles. The van der Waals surface area contributed by atoms with Gasteiger partial charge in [-0.3, -0.25) is 4.79 Å². The second-order valence-corrected chi connectivity index (χ2v) is 5.18. The highest BCUT2D eigenvalue weighted by Crippen LogP contribution is 2.23. The summed E-state index contributed by atoms with van der Waals surface area (Å²) in [5.41, 5.74) is 5.92. The van der Waals surface area contributed by atoms with Gasteiger partial charge in [0.15, 0.2) is 5.43 Å². The third-order valence-corrected chi connectivity index (χ3v) is 3.42. The number of hydrogen-bond acceptors (Lipinski definition) is 6. The van der Waals surface area contributed by atoms with Gasteiger partial charge in [0.25, 0.3) is 0 Å². The lowest BCUT2D eigenvalue weighted by atomic mass is 10.2. The van der Waals surface area contributed by atoms with Gasteiger partial charge in [0, 0.05) is 11.8 Å². The summed E-state index contributed by atoms with van der Waals surface area (Å²) < 4.78 is 16.3. The highest BCUT2D eigenvalue weighted by molar-refractivity contribution is 5.89. The van der Waals surface area contributed by atoms with E-state index >= 15 is 0 Å². The molecule has 0 aliphatic rings. The summed E-state index contributed by atoms with van der Waals surface area (Å²) in [6.45, 7) is 0.461. The zero-order valence-corrected chi connectivity index (χ0v) is 13.1. The van der Waals surface area contributed by atoms with Gasteiger partial charge < -0.3 is 24.7 Å². The second kappa shape index (κ2) is 6.96. The lowest BCUT2D eigenvalue weighted by Crippen LogP contribution is -2.12. The molecule has 0 radical (unpaired) electrons. The lowest BCUT2D eigenvalue weighted by molar-refractivity contribution is 0.0663. The van der Waals surface area contributed by atoms with Crippen molar-refractivity contribution in [3.05, 3.63) is 64.5 Å². The van der Waals surface area contributed by atoms with Crippen LogP contribution < -0.4 is 20.6 Å². The van der Waals surface area contributed by atoms with Crippen molar-refractivity contribution in [3.8, 4) is 11.5 Å². The summed E-state index contributed by atoms with van der Waals surface area (Å²) in [6.07, 6.45) is 0. The maximum absolute atomic E-state index is 12.2. The lowest BCUT2D eigenvalue weighted by Gasteiger charge is -2.10. The van der Waals surface area contributed by atoms with Crippen LogP contribution in [0.2, 0.25) is 0 Å². The van der Waals surface area contributed by atoms with Crippen LogP contribution in [-0.2, 0) is 0 Å². The van der Waals surface area contributed by atoms with E-state index in [1.54, 1.807) is 36.4 Å². The molecule has 0 saturated carbocycles. The van der Waals surface area contributed by atoms with Gasteiger partial charge >= 0.3 is 5.97 Å². The zero-order valence-electron chi connectivity index (χ0n) is 13.1. The Bertz CT molecular complexity index is 961. The molecule has 0 unspecified atom stereocenters. The number of benzene rings is 2. The fourth-order valence-corrected chi connectivity index (χ4v) is 2.28. The van der Waals surface area contributed by atoms with Crippen LogP contribution in [0, 0.1) is 0 Å². The first kappa shape index (κ1) is 16.4. The maximum atomic E-state index is 12.2. The highest BCUT2D eigenvalue weighted by Gasteiger charge is 2.14. The summed E-state index contributed by atoms with van der Waals surface area (Å²) >= 11 is 0. The molecule has 0 aliphatic heterocycles. The minimum atomic E-state index is -1.30. The van der Waals surface area contributed by atoms with Crippen molar-refractivity contribution in [2.24, 2.45) is 0 Å². The number of anilines is 1. The summed E-state index contributed by atoms with van der Waals surface area (Å²) in [4.78, 5) is 23.1. The number of carbonyl (C=O) groups is 1. The standard InChI is InChI=1S/C18H15NO6/c19-11-4-6-12(7-5-11)23-8-9-24-14-2-1-3-15-17(14)13(20)10-16(25-15)18(21)22/h1-7,10H,8-9,19H2,(H,21,22). The van der Waals surface area contributed by atoms with Gasteiger partial charge in [0.05, 0.1) is 0 Å². The van der Waals surface area contributed by atoms with Crippen molar-refractivity contribution in [3.63, 3.8) is 0 Å². The number of carboxylic acids is 1. The Morgan fingerprint density at radius 3 is 2.52 bits per heavy atom. The van der Waals surface area contributed by atoms with E-state index in [9.17, 15) is 9.59 Å². The molecule has 7 heteroatoms. The average Bonchev–Trinajstić information content (AvgIpc) is 2.60. The molecule has 1 heterocycles. The smallest absolute Gasteiger partial charge is 0.371 e. The third kappa shape index (κ3) is 3.72. The normalized spacial score (nSPS) is 10.6. The zero-order chi connectivity index (χ0) is 17.8. The van der Waals surface area contributed by atoms with Crippen molar-refractivity contribution in [2.75, 3.05) is 18.9 Å². The van der Waals surface area contributed by atoms with Crippen LogP contribution in [-0.4, -0.2) is 24.3 Å². The van der Waals surface area contributed by atoms with Crippen molar-refractivity contribution < 1.29 is 23.8 Å². The average molecular weight is 341 g/mol. The van der Waals surface area contributed by atoms with Crippen LogP contribution in [0.5, 0.6) is 11.5 Å². The number of nitrogen functional groups attached to an aromatic ring is 1. The minimum absolute atomic E-state index is 0.154. The molecular weight excluding hydrogens is 326 g/mol. The monoisotopic (exact) mass is 341 g/mol. The van der Waals surface area contributed by atoms with Crippen LogP contribution in [0.25, 0.3) is 11.0 Å². The molecule has 3 rings (SSSR count). The molecule has 0 saturated heterocycles. The van der Waals surface area contributed by atoms with Gasteiger partial charge in [0.1, 0.15) is 35.7 Å². The molecule has 2 aromatic carbocycles. The molecule has 0 spiro atoms. The Kier molecular flexibility index (Phi) is 4.56. The molecule has 0 bridgehead atoms. The molecule has 7 nitrogen and oxygen atoms in total. The van der Waals surface area contributed by atoms with Crippen molar-refractivity contribution in [1.82, 2.24) is 0 Å². The van der Waals surface area contributed by atoms with Gasteiger partial charge in [-0.15, -0.1) is 0 Å². The SMILES string of the molecule is Nc1ccc(OCCOc2cccc3oc(C(=O)O)cc(=O)c23)cc1. The van der Waals surface area contributed by atoms with E-state index in [0.717, 1.165) is 6.07 Å². The second-order valence-electron chi connectivity index (χ2n) is 5.18. The maximum Gasteiger partial charge on any atom is 0.371 e. The fourth-order valence-electron chi connectivity index (χ4n) is 2.28. The molecule has 0 atom stereocenters. The first-order valence-electron chi connectivity index (χ1n) is 7.46. The topological polar surface area (TPSA) is 112 Å². The van der Waals surface area contributed by atoms with Crippen LogP contribution in [0.15, 0.2) is 57.7 Å². The molecule has 0 fully saturated rings. The number of aromatic carboxylic acids is 1. The summed E-state index contributed by atoms with van der Waals surface area (Å²) in [5, 5.41) is 9.14. The number of rotatable bonds is 6. The summed E-state index contributed by atoms with van der Waals surface area (Å²) in [7, 11) is 0. The predicted octanol–water partition coefficient (Wildman–Crippen LogP) is 2.53. The van der Waals surface area contributed by atoms with E-state index in [1.807, 2.05) is 0 Å². The fraction of sp³-hybridized carbons (Fsp3) is 0.111. The van der Waals surface area contributed by atoms with Crippen LogP contribution >= 0.6 is 0 Å². The van der Waals surface area contributed by atoms with E-state index in [1.165, 1.54) is 6.07 Å². The van der Waals surface area contributed by atoms with Gasteiger partial charge in [-0.25, -0.2) is 4.79 Å². The quantitative estimate of drug-likeness (QED) is 0.523. The highest BCUT2D eigenvalue weighted by atomic mass is 16.5. The van der Waals surface area contributed by atoms with E-state index in [-0.39, 0.29) is 24.2 Å². The van der Waals surface area contributed by atoms with Gasteiger partial charge in [0.2, 0.25) is 5.76 Å². The Morgan fingerprint density at radius 1 is 1.08 bits per heavy atom. The number of carboxylic acid groups (broad SMARTS) is 1. The third-order valence-electron chi connectivity index (χ3n) is 3.42. The van der Waals surface area contributed by atoms with Crippen molar-refractivity contribution in [2.45, 2.75) is 0 Å². The molecule has 0 amide bonds. The Morgan fingerprint density at radius 2 is 1.80 bits per heavy atom. The van der Waals surface area contributed by atoms with Gasteiger partial charge in [-0.1, -0.05) is 6.07 Å². The van der Waals surface area contributed by atoms with E-state index < -0.39 is 17.2 Å². The van der Waals surface area contributed by atoms with Crippen LogP contribution in [0.1, 0.15) is 10.6 Å². The number of nitrogens with two attached hydrogens (primary N) is 1. The largest absolute Gasteiger partial charge is 0.490 e. The Balaban J connectivity index is 1.72. The summed E-state index contributed by atoms with van der Waals surface area (Å²) in [6, 6.07) is 12.6. The first-order valence-corrected chi connectivity index (χ1v) is 7.46. The van der Waals surface area contributed by atoms with Gasteiger partial charge in [-0.2, -0.15) is 0 Å². The van der Waals surface area contributed by atoms with E-state index in [0.29, 0.717) is 17.2 Å². The first-order chi connectivity index (χ1) is 12.0. The minimum Gasteiger partial charge on any atom is -0.490 e. The number of fused-ring (bicyclic) bond motifs is 1. The predicted molar refractivity (Wildman–Crippen MR) is 91.3 cm³/mol. The van der Waals surface area contributed by atoms with Crippen molar-refractivity contribution >= 4 is 22.6 Å². The summed E-state index contributed by atoms with van der Waals surface area (Å²) in [5.74, 6) is -0.756. The van der Waals surface area contributed by atoms with Crippen LogP contribution in [0.3, 0.4) is 0 Å². The van der Waals surface area contributed by atoms with E-state index in [4.69, 9.17) is 24.7 Å². The molecule has 128 valence electrons. The molecule has 25 heavy (non-hydrogen) atoms. The number of hydrogen-bond donors (Lipinski definition) is 2. The Hall–Kier alpha value is -3.48. The van der Waals surface area contributed by atoms with E-state index in [2.05, 4.69) is 0 Å². The molecule has 0 aliphatic carbocycles. The van der Waals surface area contributed by atoms with Crippen molar-refractivity contribution in [1.29, 1.82) is 0 Å². The molecule has 3 N–H and O–H groups in total. The molecular formula is C18H15NO6.